The molecule has 0 bridgehead atoms. The number of nitrogens with zero attached hydrogens (tertiary/aromatic N) is 5. The smallest absolute Gasteiger partial charge is 0.178 e. The normalized spacial score (nSPS) is 13.2. The number of hydrazine groups is 2. The fourth-order valence-electron chi connectivity index (χ4n) is 2.73. The molecule has 0 amide bonds. The van der Waals surface area contributed by atoms with E-state index in [1.54, 1.807) is 41.3 Å². The van der Waals surface area contributed by atoms with Gasteiger partial charge in [-0.2, -0.15) is 5.10 Å². The molecule has 1 aliphatic rings. The van der Waals surface area contributed by atoms with Crippen LogP contribution in [-0.2, 0) is 6.54 Å². The van der Waals surface area contributed by atoms with Crippen molar-refractivity contribution in [3.05, 3.63) is 65.9 Å². The minimum Gasteiger partial charge on any atom is -0.397 e. The molecule has 0 unspecified atom stereocenters. The highest BCUT2D eigenvalue weighted by atomic mass is 19.1. The van der Waals surface area contributed by atoms with Crippen LogP contribution in [0.2, 0.25) is 0 Å². The van der Waals surface area contributed by atoms with Crippen LogP contribution in [-0.4, -0.2) is 24.9 Å². The molecule has 8 nitrogen and oxygen atoms in total. The van der Waals surface area contributed by atoms with Crippen LogP contribution in [0.25, 0.3) is 17.2 Å². The van der Waals surface area contributed by atoms with E-state index in [-0.39, 0.29) is 12.4 Å². The summed E-state index contributed by atoms with van der Waals surface area (Å²) in [6.45, 7) is 0.201. The second-order valence-corrected chi connectivity index (χ2v) is 5.50. The molecule has 3 aromatic rings. The second kappa shape index (κ2) is 5.87. The van der Waals surface area contributed by atoms with E-state index in [9.17, 15) is 4.39 Å². The predicted molar refractivity (Wildman–Crippen MR) is 90.6 cm³/mol. The van der Waals surface area contributed by atoms with Crippen molar-refractivity contribution < 1.29 is 4.39 Å². The number of fused-ring (bicyclic) bond motifs is 1. The van der Waals surface area contributed by atoms with E-state index >= 15 is 0 Å². The molecule has 25 heavy (non-hydrogen) atoms. The van der Waals surface area contributed by atoms with Gasteiger partial charge in [-0.05, 0) is 12.1 Å². The molecule has 0 atom stereocenters. The summed E-state index contributed by atoms with van der Waals surface area (Å²) in [4.78, 5) is 8.57. The molecule has 5 N–H and O–H groups in total. The van der Waals surface area contributed by atoms with Gasteiger partial charge in [-0.3, -0.25) is 10.1 Å². The summed E-state index contributed by atoms with van der Waals surface area (Å²) in [5.74, 6) is 6.33. The Balaban J connectivity index is 1.89. The molecule has 0 saturated heterocycles. The maximum absolute atomic E-state index is 14.1. The van der Waals surface area contributed by atoms with Crippen LogP contribution in [0.3, 0.4) is 0 Å². The van der Waals surface area contributed by atoms with E-state index in [1.807, 2.05) is 0 Å². The van der Waals surface area contributed by atoms with Crippen molar-refractivity contribution in [2.75, 3.05) is 5.43 Å². The zero-order valence-electron chi connectivity index (χ0n) is 13.1. The monoisotopic (exact) mass is 338 g/mol. The van der Waals surface area contributed by atoms with Crippen LogP contribution < -0.4 is 17.0 Å². The number of aromatic nitrogens is 4. The molecule has 126 valence electrons. The first-order valence-electron chi connectivity index (χ1n) is 7.53. The van der Waals surface area contributed by atoms with Crippen LogP contribution in [0.15, 0.2) is 48.9 Å². The molecular weight excluding hydrogens is 323 g/mol. The molecule has 0 aliphatic carbocycles. The van der Waals surface area contributed by atoms with Gasteiger partial charge in [-0.25, -0.2) is 25.3 Å². The van der Waals surface area contributed by atoms with E-state index < -0.39 is 0 Å². The van der Waals surface area contributed by atoms with E-state index in [2.05, 4.69) is 20.5 Å². The highest BCUT2D eigenvalue weighted by Gasteiger charge is 2.27. The first-order valence-corrected chi connectivity index (χ1v) is 7.53. The van der Waals surface area contributed by atoms with Crippen molar-refractivity contribution in [3.8, 4) is 11.5 Å². The minimum atomic E-state index is -0.312. The van der Waals surface area contributed by atoms with E-state index in [4.69, 9.17) is 11.6 Å². The van der Waals surface area contributed by atoms with Gasteiger partial charge in [0, 0.05) is 18.0 Å². The number of anilines is 1. The van der Waals surface area contributed by atoms with Gasteiger partial charge in [0.05, 0.1) is 24.0 Å². The third-order valence-corrected chi connectivity index (χ3v) is 3.81. The van der Waals surface area contributed by atoms with Crippen LogP contribution in [0.4, 0.5) is 10.2 Å². The molecule has 0 fully saturated rings. The van der Waals surface area contributed by atoms with Gasteiger partial charge in [0.1, 0.15) is 11.5 Å². The summed E-state index contributed by atoms with van der Waals surface area (Å²) in [7, 11) is 0. The van der Waals surface area contributed by atoms with Crippen LogP contribution in [0, 0.1) is 5.82 Å². The molecule has 9 heteroatoms. The van der Waals surface area contributed by atoms with Gasteiger partial charge in [0.2, 0.25) is 0 Å². The summed E-state index contributed by atoms with van der Waals surface area (Å²) in [5.41, 5.74) is 11.2. The van der Waals surface area contributed by atoms with Gasteiger partial charge in [-0.15, -0.1) is 0 Å². The van der Waals surface area contributed by atoms with Gasteiger partial charge in [0.25, 0.3) is 0 Å². The maximum Gasteiger partial charge on any atom is 0.178 e. The minimum absolute atomic E-state index is 0.201. The second-order valence-electron chi connectivity index (χ2n) is 5.50. The lowest BCUT2D eigenvalue weighted by molar-refractivity contribution is 0.467. The molecule has 0 radical (unpaired) electrons. The van der Waals surface area contributed by atoms with Gasteiger partial charge in [0.15, 0.2) is 11.6 Å². The fraction of sp³-hybridized carbons (Fsp3) is 0.0625. The number of nitrogens with one attached hydrogen (secondary N) is 1. The summed E-state index contributed by atoms with van der Waals surface area (Å²) < 4.78 is 15.7. The fourth-order valence-corrected chi connectivity index (χ4v) is 2.73. The quantitative estimate of drug-likeness (QED) is 0.617. The first-order chi connectivity index (χ1) is 12.1. The number of benzene rings is 1. The van der Waals surface area contributed by atoms with Crippen molar-refractivity contribution in [2.24, 2.45) is 11.6 Å². The summed E-state index contributed by atoms with van der Waals surface area (Å²) in [6, 6.07) is 8.24. The van der Waals surface area contributed by atoms with E-state index in [1.165, 1.54) is 17.4 Å². The summed E-state index contributed by atoms with van der Waals surface area (Å²) >= 11 is 0. The summed E-state index contributed by atoms with van der Waals surface area (Å²) in [5, 5.41) is 5.70. The highest BCUT2D eigenvalue weighted by molar-refractivity contribution is 5.84. The zero-order valence-corrected chi connectivity index (χ0v) is 13.1. The Hall–Kier alpha value is -3.46. The van der Waals surface area contributed by atoms with Crippen molar-refractivity contribution in [2.45, 2.75) is 6.54 Å². The molecule has 0 saturated carbocycles. The Kier molecular flexibility index (Phi) is 3.55. The predicted octanol–water partition coefficient (Wildman–Crippen LogP) is 1.30. The maximum atomic E-state index is 14.1. The van der Waals surface area contributed by atoms with Gasteiger partial charge < -0.3 is 5.73 Å². The van der Waals surface area contributed by atoms with Crippen LogP contribution in [0.1, 0.15) is 11.1 Å². The third-order valence-electron chi connectivity index (χ3n) is 3.81. The van der Waals surface area contributed by atoms with Crippen molar-refractivity contribution >= 4 is 11.5 Å². The molecule has 2 aromatic heterocycles. The standard InChI is InChI=1S/C16H15FN8/c17-11-5-2-1-4-10(11)8-24-14(16-20-6-3-7-21-16)13-12(18)9-25(19)23-15(13)22-24/h1-7,9H,8,18-19H2,(H,22,23). The Morgan fingerprint density at radius 1 is 1.12 bits per heavy atom. The largest absolute Gasteiger partial charge is 0.397 e. The van der Waals surface area contributed by atoms with Crippen LogP contribution in [0.5, 0.6) is 0 Å². The Morgan fingerprint density at radius 3 is 2.64 bits per heavy atom. The molecule has 1 aliphatic heterocycles. The Labute approximate surface area is 142 Å². The van der Waals surface area contributed by atoms with E-state index in [0.717, 1.165) is 0 Å². The SMILES string of the molecule is NC1=CN(N)Nc2nn(Cc3ccccc3F)c(-c3ncccn3)c21. The molecule has 4 rings (SSSR count). The van der Waals surface area contributed by atoms with Crippen molar-refractivity contribution in [1.29, 1.82) is 0 Å². The number of hydrogen-bond acceptors (Lipinski definition) is 7. The molecule has 1 aromatic carbocycles. The average molecular weight is 338 g/mol. The lowest BCUT2D eigenvalue weighted by atomic mass is 10.1. The number of halogens is 1. The topological polar surface area (TPSA) is 111 Å². The summed E-state index contributed by atoms with van der Waals surface area (Å²) in [6.07, 6.45) is 4.78. The third kappa shape index (κ3) is 2.66. The molecular formula is C16H15FN8. The Bertz CT molecular complexity index is 950. The number of nitrogens with two attached hydrogens (primary N) is 2. The van der Waals surface area contributed by atoms with Crippen LogP contribution >= 0.6 is 0 Å². The first kappa shape index (κ1) is 15.1. The highest BCUT2D eigenvalue weighted by Crippen LogP contribution is 2.33. The average Bonchev–Trinajstić information content (AvgIpc) is 2.96. The lowest BCUT2D eigenvalue weighted by Crippen LogP contribution is -2.35. The zero-order chi connectivity index (χ0) is 17.4. The van der Waals surface area contributed by atoms with Gasteiger partial charge >= 0.3 is 0 Å². The van der Waals surface area contributed by atoms with Crippen molar-refractivity contribution in [3.63, 3.8) is 0 Å². The van der Waals surface area contributed by atoms with E-state index in [0.29, 0.717) is 34.2 Å². The molecule has 0 spiro atoms. The van der Waals surface area contributed by atoms with Gasteiger partial charge in [-0.1, -0.05) is 18.2 Å². The lowest BCUT2D eigenvalue weighted by Gasteiger charge is -2.21. The number of rotatable bonds is 3. The molecule has 3 heterocycles. The number of hydrogen-bond donors (Lipinski definition) is 3. The Morgan fingerprint density at radius 2 is 1.88 bits per heavy atom. The van der Waals surface area contributed by atoms with Crippen molar-refractivity contribution in [1.82, 2.24) is 24.9 Å².